The Balaban J connectivity index is 1.49. The minimum atomic E-state index is 0.552. The van der Waals surface area contributed by atoms with E-state index in [0.717, 1.165) is 33.0 Å². The van der Waals surface area contributed by atoms with Gasteiger partial charge in [-0.15, -0.1) is 0 Å². The second kappa shape index (κ2) is 9.57. The number of nitrogens with zero attached hydrogens (tertiary/aromatic N) is 2. The summed E-state index contributed by atoms with van der Waals surface area (Å²) in [6, 6.07) is 5.08. The molecular formula is C22H32IN3O. The maximum Gasteiger partial charge on any atom is 0.158 e. The minimum Gasteiger partial charge on any atom is -0.380 e. The fourth-order valence-corrected chi connectivity index (χ4v) is 5.57. The largest absolute Gasteiger partial charge is 0.380 e. The Morgan fingerprint density at radius 1 is 0.889 bits per heavy atom. The van der Waals surface area contributed by atoms with Crippen molar-refractivity contribution < 1.29 is 4.63 Å². The van der Waals surface area contributed by atoms with Crippen molar-refractivity contribution in [1.82, 2.24) is 10.3 Å². The number of benzene rings is 1. The van der Waals surface area contributed by atoms with Gasteiger partial charge in [0.1, 0.15) is 5.52 Å². The van der Waals surface area contributed by atoms with E-state index in [0.29, 0.717) is 6.04 Å². The SMILES string of the molecule is IC1CCC(Nc2cc(CC3CCCCCCCC3)cc3nonc23)CC1. The summed E-state index contributed by atoms with van der Waals surface area (Å²) in [6.07, 6.45) is 17.5. The average molecular weight is 481 g/mol. The molecule has 0 unspecified atom stereocenters. The molecule has 5 heteroatoms. The molecule has 148 valence electrons. The fraction of sp³-hybridized carbons (Fsp3) is 0.727. The second-order valence-electron chi connectivity index (χ2n) is 8.64. The molecule has 0 radical (unpaired) electrons. The number of alkyl halides is 1. The molecule has 2 aliphatic carbocycles. The maximum atomic E-state index is 5.07. The van der Waals surface area contributed by atoms with Crippen molar-refractivity contribution in [3.63, 3.8) is 0 Å². The summed E-state index contributed by atoms with van der Waals surface area (Å²) in [5, 5.41) is 12.1. The van der Waals surface area contributed by atoms with Crippen LogP contribution in [0.1, 0.15) is 82.6 Å². The number of hydrogen-bond acceptors (Lipinski definition) is 4. The standard InChI is InChI=1S/C22H32IN3O/c23-18-9-11-19(12-10-18)24-20-14-17(15-21-22(20)26-27-25-21)13-16-7-5-3-1-2-4-6-8-16/h14-16,18-19,24H,1-13H2. The van der Waals surface area contributed by atoms with Crippen LogP contribution in [0.2, 0.25) is 0 Å². The van der Waals surface area contributed by atoms with Gasteiger partial charge in [0.15, 0.2) is 5.52 Å². The number of fused-ring (bicyclic) bond motifs is 1. The van der Waals surface area contributed by atoms with E-state index < -0.39 is 0 Å². The van der Waals surface area contributed by atoms with Crippen LogP contribution < -0.4 is 5.32 Å². The van der Waals surface area contributed by atoms with Gasteiger partial charge in [-0.25, -0.2) is 4.63 Å². The van der Waals surface area contributed by atoms with Crippen LogP contribution in [-0.2, 0) is 6.42 Å². The van der Waals surface area contributed by atoms with Crippen molar-refractivity contribution in [2.45, 2.75) is 93.4 Å². The Bertz CT molecular complexity index is 713. The van der Waals surface area contributed by atoms with Crippen LogP contribution in [0.5, 0.6) is 0 Å². The molecule has 1 aromatic carbocycles. The number of rotatable bonds is 4. The first-order valence-corrected chi connectivity index (χ1v) is 12.2. The van der Waals surface area contributed by atoms with E-state index in [-0.39, 0.29) is 0 Å². The molecule has 4 rings (SSSR count). The molecule has 0 bridgehead atoms. The molecule has 0 spiro atoms. The summed E-state index contributed by atoms with van der Waals surface area (Å²) in [5.74, 6) is 0.808. The third kappa shape index (κ3) is 5.36. The first-order chi connectivity index (χ1) is 13.3. The van der Waals surface area contributed by atoms with E-state index in [1.807, 2.05) is 0 Å². The van der Waals surface area contributed by atoms with Gasteiger partial charge in [0.05, 0.1) is 5.69 Å². The monoisotopic (exact) mass is 481 g/mol. The molecule has 2 fully saturated rings. The summed E-state index contributed by atoms with van der Waals surface area (Å²) in [5.41, 5.74) is 4.32. The van der Waals surface area contributed by atoms with Crippen LogP contribution >= 0.6 is 22.6 Å². The first kappa shape index (κ1) is 19.5. The van der Waals surface area contributed by atoms with Crippen molar-refractivity contribution in [2.75, 3.05) is 5.32 Å². The maximum absolute atomic E-state index is 5.07. The second-order valence-corrected chi connectivity index (χ2v) is 10.4. The average Bonchev–Trinajstić information content (AvgIpc) is 3.17. The Morgan fingerprint density at radius 3 is 2.33 bits per heavy atom. The zero-order valence-corrected chi connectivity index (χ0v) is 18.4. The van der Waals surface area contributed by atoms with Gasteiger partial charge >= 0.3 is 0 Å². The van der Waals surface area contributed by atoms with Gasteiger partial charge in [-0.3, -0.25) is 0 Å². The van der Waals surface area contributed by atoms with Gasteiger partial charge in [0.25, 0.3) is 0 Å². The lowest BCUT2D eigenvalue weighted by Gasteiger charge is -2.27. The first-order valence-electron chi connectivity index (χ1n) is 10.9. The zero-order valence-electron chi connectivity index (χ0n) is 16.3. The van der Waals surface area contributed by atoms with E-state index in [4.69, 9.17) is 4.63 Å². The predicted octanol–water partition coefficient (Wildman–Crippen LogP) is 6.67. The van der Waals surface area contributed by atoms with Crippen LogP contribution in [0.25, 0.3) is 11.0 Å². The smallest absolute Gasteiger partial charge is 0.158 e. The highest BCUT2D eigenvalue weighted by Crippen LogP contribution is 2.32. The number of nitrogens with one attached hydrogen (secondary N) is 1. The number of halogens is 1. The van der Waals surface area contributed by atoms with Crippen LogP contribution in [0.15, 0.2) is 16.8 Å². The summed E-state index contributed by atoms with van der Waals surface area (Å²) < 4.78 is 5.91. The molecule has 2 aliphatic rings. The fourth-order valence-electron chi connectivity index (χ4n) is 4.85. The van der Waals surface area contributed by atoms with E-state index in [9.17, 15) is 0 Å². The van der Waals surface area contributed by atoms with E-state index in [1.165, 1.54) is 82.6 Å². The molecule has 2 saturated carbocycles. The van der Waals surface area contributed by atoms with Crippen molar-refractivity contribution in [3.8, 4) is 0 Å². The molecule has 1 N–H and O–H groups in total. The Labute approximate surface area is 176 Å². The van der Waals surface area contributed by atoms with E-state index in [2.05, 4.69) is 50.4 Å². The molecule has 0 aliphatic heterocycles. The summed E-state index contributed by atoms with van der Waals surface area (Å²) in [4.78, 5) is 0. The number of hydrogen-bond donors (Lipinski definition) is 1. The molecule has 2 aromatic rings. The molecule has 0 atom stereocenters. The Kier molecular flexibility index (Phi) is 6.90. The molecular weight excluding hydrogens is 449 g/mol. The highest BCUT2D eigenvalue weighted by atomic mass is 127. The molecule has 1 heterocycles. The predicted molar refractivity (Wildman–Crippen MR) is 120 cm³/mol. The molecule has 0 amide bonds. The van der Waals surface area contributed by atoms with Gasteiger partial charge in [-0.05, 0) is 66.0 Å². The third-order valence-electron chi connectivity index (χ3n) is 6.44. The van der Waals surface area contributed by atoms with Gasteiger partial charge in [0.2, 0.25) is 0 Å². The number of anilines is 1. The highest BCUT2D eigenvalue weighted by molar-refractivity contribution is 14.1. The van der Waals surface area contributed by atoms with Crippen LogP contribution in [0, 0.1) is 5.92 Å². The van der Waals surface area contributed by atoms with Gasteiger partial charge in [-0.2, -0.15) is 0 Å². The topological polar surface area (TPSA) is 51.0 Å². The van der Waals surface area contributed by atoms with Crippen LogP contribution in [-0.4, -0.2) is 20.3 Å². The quantitative estimate of drug-likeness (QED) is 0.391. The van der Waals surface area contributed by atoms with Gasteiger partial charge in [-0.1, -0.05) is 74.0 Å². The highest BCUT2D eigenvalue weighted by Gasteiger charge is 2.21. The van der Waals surface area contributed by atoms with Crippen LogP contribution in [0.3, 0.4) is 0 Å². The van der Waals surface area contributed by atoms with Gasteiger partial charge in [0, 0.05) is 9.97 Å². The van der Waals surface area contributed by atoms with Crippen molar-refractivity contribution in [2.24, 2.45) is 5.92 Å². The van der Waals surface area contributed by atoms with E-state index >= 15 is 0 Å². The zero-order chi connectivity index (χ0) is 18.5. The molecule has 0 saturated heterocycles. The minimum absolute atomic E-state index is 0.552. The Morgan fingerprint density at radius 2 is 1.59 bits per heavy atom. The third-order valence-corrected chi connectivity index (χ3v) is 7.68. The normalized spacial score (nSPS) is 25.7. The Hall–Kier alpha value is -0.850. The van der Waals surface area contributed by atoms with Crippen molar-refractivity contribution in [3.05, 3.63) is 17.7 Å². The molecule has 4 nitrogen and oxygen atoms in total. The van der Waals surface area contributed by atoms with Crippen LogP contribution in [0.4, 0.5) is 5.69 Å². The van der Waals surface area contributed by atoms with Gasteiger partial charge < -0.3 is 5.32 Å². The lowest BCUT2D eigenvalue weighted by Crippen LogP contribution is -2.26. The lowest BCUT2D eigenvalue weighted by atomic mass is 9.89. The summed E-state index contributed by atoms with van der Waals surface area (Å²) in [7, 11) is 0. The lowest BCUT2D eigenvalue weighted by molar-refractivity contribution is 0.315. The summed E-state index contributed by atoms with van der Waals surface area (Å²) >= 11 is 2.59. The van der Waals surface area contributed by atoms with Crippen molar-refractivity contribution >= 4 is 39.3 Å². The summed E-state index contributed by atoms with van der Waals surface area (Å²) in [6.45, 7) is 0. The molecule has 27 heavy (non-hydrogen) atoms. The van der Waals surface area contributed by atoms with E-state index in [1.54, 1.807) is 0 Å². The number of aromatic nitrogens is 2. The molecule has 1 aromatic heterocycles. The van der Waals surface area contributed by atoms with Crippen molar-refractivity contribution in [1.29, 1.82) is 0 Å².